The van der Waals surface area contributed by atoms with Gasteiger partial charge in [-0.05, 0) is 0 Å². The van der Waals surface area contributed by atoms with Crippen LogP contribution in [-0.4, -0.2) is 9.97 Å². The summed E-state index contributed by atoms with van der Waals surface area (Å²) in [5, 5.41) is 8.40. The zero-order valence-electron chi connectivity index (χ0n) is 5.74. The molecule has 4 heteroatoms. The van der Waals surface area contributed by atoms with Gasteiger partial charge in [0.2, 0.25) is 0 Å². The van der Waals surface area contributed by atoms with Crippen molar-refractivity contribution in [1.29, 1.82) is 5.26 Å². The van der Waals surface area contributed by atoms with Crippen LogP contribution in [0.4, 0.5) is 0 Å². The molecule has 56 valence electrons. The van der Waals surface area contributed by atoms with Gasteiger partial charge in [0.15, 0.2) is 0 Å². The van der Waals surface area contributed by atoms with Crippen molar-refractivity contribution in [1.82, 2.24) is 9.97 Å². The Bertz CT molecular complexity index is 254. The second-order valence-electron chi connectivity index (χ2n) is 1.96. The summed E-state index contributed by atoms with van der Waals surface area (Å²) in [7, 11) is 0. The first-order valence-electron chi connectivity index (χ1n) is 3.11. The molecular formula is C7H6IN3. The monoisotopic (exact) mass is 259 g/mol. The average molecular weight is 259 g/mol. The predicted octanol–water partition coefficient (Wildman–Crippen LogP) is 1.87. The Balaban J connectivity index is 2.70. The number of rotatable bonds is 2. The van der Waals surface area contributed by atoms with Crippen LogP contribution in [-0.2, 0) is 0 Å². The van der Waals surface area contributed by atoms with Crippen molar-refractivity contribution in [3.63, 3.8) is 0 Å². The van der Waals surface area contributed by atoms with Crippen LogP contribution in [0, 0.1) is 11.3 Å². The van der Waals surface area contributed by atoms with Crippen molar-refractivity contribution in [3.05, 3.63) is 24.3 Å². The van der Waals surface area contributed by atoms with E-state index >= 15 is 0 Å². The summed E-state index contributed by atoms with van der Waals surface area (Å²) in [4.78, 5) is 7.99. The summed E-state index contributed by atoms with van der Waals surface area (Å²) in [6.45, 7) is 0. The largest absolute Gasteiger partial charge is 0.261 e. The minimum absolute atomic E-state index is 0.159. The Morgan fingerprint density at radius 1 is 1.64 bits per heavy atom. The third kappa shape index (κ3) is 2.42. The molecule has 1 rings (SSSR count). The van der Waals surface area contributed by atoms with E-state index in [4.69, 9.17) is 5.26 Å². The lowest BCUT2D eigenvalue weighted by molar-refractivity contribution is 0.937. The van der Waals surface area contributed by atoms with Crippen molar-refractivity contribution in [3.8, 4) is 6.07 Å². The molecule has 1 atom stereocenters. The van der Waals surface area contributed by atoms with Crippen molar-refractivity contribution in [2.75, 3.05) is 0 Å². The first-order chi connectivity index (χ1) is 5.34. The third-order valence-electron chi connectivity index (χ3n) is 1.17. The minimum Gasteiger partial charge on any atom is -0.261 e. The molecule has 1 aromatic heterocycles. The molecule has 0 aliphatic carbocycles. The Morgan fingerprint density at radius 2 is 2.45 bits per heavy atom. The fraction of sp³-hybridized carbons (Fsp3) is 0.286. The first kappa shape index (κ1) is 8.40. The second kappa shape index (κ2) is 4.23. The Labute approximate surface area is 78.6 Å². The quantitative estimate of drug-likeness (QED) is 0.601. The van der Waals surface area contributed by atoms with Gasteiger partial charge in [-0.15, -0.1) is 0 Å². The van der Waals surface area contributed by atoms with E-state index in [1.807, 2.05) is 0 Å². The molecule has 0 bridgehead atoms. The van der Waals surface area contributed by atoms with Gasteiger partial charge in [0.05, 0.1) is 22.1 Å². The molecule has 1 unspecified atom stereocenters. The van der Waals surface area contributed by atoms with E-state index in [9.17, 15) is 0 Å². The number of hydrogen-bond acceptors (Lipinski definition) is 3. The molecule has 0 spiro atoms. The molecule has 0 amide bonds. The Morgan fingerprint density at radius 3 is 3.00 bits per heavy atom. The van der Waals surface area contributed by atoms with E-state index in [-0.39, 0.29) is 3.92 Å². The van der Waals surface area contributed by atoms with E-state index in [1.54, 1.807) is 18.6 Å². The normalized spacial score (nSPS) is 12.0. The van der Waals surface area contributed by atoms with Crippen LogP contribution >= 0.6 is 22.6 Å². The zero-order chi connectivity index (χ0) is 8.10. The van der Waals surface area contributed by atoms with Gasteiger partial charge in [-0.1, -0.05) is 22.6 Å². The average Bonchev–Trinajstić information content (AvgIpc) is 2.07. The highest BCUT2D eigenvalue weighted by Gasteiger charge is 2.06. The van der Waals surface area contributed by atoms with Crippen LogP contribution in [0.5, 0.6) is 0 Å². The van der Waals surface area contributed by atoms with Gasteiger partial charge < -0.3 is 0 Å². The van der Waals surface area contributed by atoms with E-state index in [2.05, 4.69) is 38.6 Å². The van der Waals surface area contributed by atoms with Gasteiger partial charge in [-0.2, -0.15) is 5.26 Å². The van der Waals surface area contributed by atoms with E-state index in [0.29, 0.717) is 6.42 Å². The number of alkyl halides is 1. The molecule has 3 nitrogen and oxygen atoms in total. The highest BCUT2D eigenvalue weighted by atomic mass is 127. The first-order valence-corrected chi connectivity index (χ1v) is 4.36. The van der Waals surface area contributed by atoms with Crippen molar-refractivity contribution >= 4 is 22.6 Å². The predicted molar refractivity (Wildman–Crippen MR) is 49.0 cm³/mol. The molecule has 0 saturated carbocycles. The highest BCUT2D eigenvalue weighted by molar-refractivity contribution is 14.1. The summed E-state index contributed by atoms with van der Waals surface area (Å²) in [5.41, 5.74) is 0.870. The SMILES string of the molecule is N#CCC(I)c1cnccn1. The lowest BCUT2D eigenvalue weighted by Crippen LogP contribution is -1.92. The second-order valence-corrected chi connectivity index (χ2v) is 3.46. The molecule has 0 saturated heterocycles. The van der Waals surface area contributed by atoms with Crippen LogP contribution in [0.3, 0.4) is 0 Å². The maximum Gasteiger partial charge on any atom is 0.0725 e. The molecule has 0 aliphatic heterocycles. The molecule has 0 fully saturated rings. The minimum atomic E-state index is 0.159. The lowest BCUT2D eigenvalue weighted by atomic mass is 10.2. The number of hydrogen-bond donors (Lipinski definition) is 0. The summed E-state index contributed by atoms with van der Waals surface area (Å²) >= 11 is 2.18. The van der Waals surface area contributed by atoms with Crippen LogP contribution in [0.25, 0.3) is 0 Å². The summed E-state index contributed by atoms with van der Waals surface area (Å²) in [6, 6.07) is 2.09. The highest BCUT2D eigenvalue weighted by Crippen LogP contribution is 2.23. The number of nitriles is 1. The molecule has 0 aromatic carbocycles. The number of halogens is 1. The van der Waals surface area contributed by atoms with Gasteiger partial charge in [0.25, 0.3) is 0 Å². The third-order valence-corrected chi connectivity index (χ3v) is 2.25. The van der Waals surface area contributed by atoms with Gasteiger partial charge >= 0.3 is 0 Å². The number of nitrogens with zero attached hydrogens (tertiary/aromatic N) is 3. The molecule has 1 heterocycles. The molecule has 0 aliphatic rings. The van der Waals surface area contributed by atoms with Gasteiger partial charge in [-0.3, -0.25) is 9.97 Å². The number of aromatic nitrogens is 2. The maximum atomic E-state index is 8.40. The Hall–Kier alpha value is -0.700. The van der Waals surface area contributed by atoms with Crippen LogP contribution in [0.1, 0.15) is 16.0 Å². The maximum absolute atomic E-state index is 8.40. The fourth-order valence-electron chi connectivity index (χ4n) is 0.657. The zero-order valence-corrected chi connectivity index (χ0v) is 7.89. The molecule has 0 radical (unpaired) electrons. The van der Waals surface area contributed by atoms with Gasteiger partial charge in [0.1, 0.15) is 0 Å². The summed E-state index contributed by atoms with van der Waals surface area (Å²) < 4.78 is 0.159. The molecule has 0 N–H and O–H groups in total. The van der Waals surface area contributed by atoms with E-state index in [1.165, 1.54) is 0 Å². The van der Waals surface area contributed by atoms with Gasteiger partial charge in [0, 0.05) is 18.6 Å². The topological polar surface area (TPSA) is 49.6 Å². The lowest BCUT2D eigenvalue weighted by Gasteiger charge is -2.01. The van der Waals surface area contributed by atoms with Crippen LogP contribution in [0.2, 0.25) is 0 Å². The standard InChI is InChI=1S/C7H6IN3/c8-6(1-2-9)7-5-10-3-4-11-7/h3-6H,1H2. The van der Waals surface area contributed by atoms with Gasteiger partial charge in [-0.25, -0.2) is 0 Å². The molecular weight excluding hydrogens is 253 g/mol. The molecule has 1 aromatic rings. The van der Waals surface area contributed by atoms with Crippen molar-refractivity contribution in [2.24, 2.45) is 0 Å². The summed E-state index contributed by atoms with van der Waals surface area (Å²) in [6.07, 6.45) is 5.44. The summed E-state index contributed by atoms with van der Waals surface area (Å²) in [5.74, 6) is 0. The Kier molecular flexibility index (Phi) is 3.23. The van der Waals surface area contributed by atoms with Crippen molar-refractivity contribution in [2.45, 2.75) is 10.3 Å². The smallest absolute Gasteiger partial charge is 0.0725 e. The van der Waals surface area contributed by atoms with E-state index < -0.39 is 0 Å². The van der Waals surface area contributed by atoms with Crippen LogP contribution < -0.4 is 0 Å². The van der Waals surface area contributed by atoms with Crippen LogP contribution in [0.15, 0.2) is 18.6 Å². The fourth-order valence-corrected chi connectivity index (χ4v) is 1.18. The van der Waals surface area contributed by atoms with Crippen molar-refractivity contribution < 1.29 is 0 Å². The molecule has 11 heavy (non-hydrogen) atoms. The van der Waals surface area contributed by atoms with E-state index in [0.717, 1.165) is 5.69 Å².